The summed E-state index contributed by atoms with van der Waals surface area (Å²) in [6, 6.07) is 4.25. The largest absolute Gasteiger partial charge is 0.333 e. The van der Waals surface area contributed by atoms with E-state index in [4.69, 9.17) is 23.2 Å². The molecule has 0 saturated heterocycles. The predicted molar refractivity (Wildman–Crippen MR) is 75.0 cm³/mol. The van der Waals surface area contributed by atoms with Crippen molar-refractivity contribution in [2.45, 2.75) is 19.0 Å². The molecule has 0 aliphatic rings. The van der Waals surface area contributed by atoms with Crippen LogP contribution >= 0.6 is 30.8 Å². The van der Waals surface area contributed by atoms with Crippen LogP contribution in [0.1, 0.15) is 24.6 Å². The molecular formula is C11H14Cl2NO5P. The third-order valence-electron chi connectivity index (χ3n) is 2.71. The van der Waals surface area contributed by atoms with E-state index in [1.165, 1.54) is 18.2 Å². The van der Waals surface area contributed by atoms with Crippen LogP contribution < -0.4 is 0 Å². The number of carbonyl (C=O) groups is 1. The maximum atomic E-state index is 11.5. The number of halogens is 2. The minimum absolute atomic E-state index is 0.113. The summed E-state index contributed by atoms with van der Waals surface area (Å²) in [6.07, 6.45) is -0.113. The average Bonchev–Trinajstić information content (AvgIpc) is 2.31. The molecule has 9 heteroatoms. The lowest BCUT2D eigenvalue weighted by Crippen LogP contribution is -2.26. The fraction of sp³-hybridized carbons (Fsp3) is 0.364. The third-order valence-corrected chi connectivity index (χ3v) is 4.82. The minimum atomic E-state index is -4.47. The second-order valence-corrected chi connectivity index (χ2v) is 6.83. The number of hydroxylamine groups is 2. The highest BCUT2D eigenvalue weighted by atomic mass is 35.5. The molecular weight excluding hydrogens is 328 g/mol. The summed E-state index contributed by atoms with van der Waals surface area (Å²) >= 11 is 11.6. The number of nitrogens with zero attached hydrogens (tertiary/aromatic N) is 1. The number of carbonyl (C=O) groups excluding carboxylic acids is 1. The Balaban J connectivity index is 2.98. The van der Waals surface area contributed by atoms with Gasteiger partial charge in [0.15, 0.2) is 0 Å². The molecule has 112 valence electrons. The van der Waals surface area contributed by atoms with Gasteiger partial charge in [0.2, 0.25) is 5.91 Å². The highest BCUT2D eigenvalue weighted by Gasteiger charge is 2.31. The van der Waals surface area contributed by atoms with E-state index in [2.05, 4.69) is 0 Å². The van der Waals surface area contributed by atoms with Crippen molar-refractivity contribution in [2.75, 3.05) is 6.54 Å². The van der Waals surface area contributed by atoms with Gasteiger partial charge in [-0.05, 0) is 24.1 Å². The maximum Gasteiger partial charge on any atom is 0.333 e. The Hall–Kier alpha value is -0.620. The number of benzene rings is 1. The van der Waals surface area contributed by atoms with Crippen molar-refractivity contribution in [3.8, 4) is 0 Å². The molecule has 3 N–H and O–H groups in total. The lowest BCUT2D eigenvalue weighted by atomic mass is 10.1. The molecule has 6 nitrogen and oxygen atoms in total. The van der Waals surface area contributed by atoms with Gasteiger partial charge in [0.05, 0.1) is 15.7 Å². The minimum Gasteiger partial charge on any atom is -0.324 e. The van der Waals surface area contributed by atoms with Crippen molar-refractivity contribution in [2.24, 2.45) is 0 Å². The van der Waals surface area contributed by atoms with Crippen LogP contribution in [0.4, 0.5) is 0 Å². The zero-order valence-corrected chi connectivity index (χ0v) is 12.9. The molecule has 1 aromatic rings. The van der Waals surface area contributed by atoms with Crippen LogP contribution in [0.5, 0.6) is 0 Å². The molecule has 0 unspecified atom stereocenters. The van der Waals surface area contributed by atoms with Crippen molar-refractivity contribution < 1.29 is 24.4 Å². The molecule has 0 bridgehead atoms. The Morgan fingerprint density at radius 3 is 2.40 bits per heavy atom. The molecule has 0 heterocycles. The van der Waals surface area contributed by atoms with Crippen molar-refractivity contribution in [3.05, 3.63) is 33.8 Å². The van der Waals surface area contributed by atoms with Crippen molar-refractivity contribution in [1.82, 2.24) is 5.06 Å². The lowest BCUT2D eigenvalue weighted by Gasteiger charge is -2.21. The SMILES string of the molecule is CC(=O)N(O)CC[C@@H](c1ccc(Cl)c(Cl)c1)P(=O)(O)O. The highest BCUT2D eigenvalue weighted by molar-refractivity contribution is 7.52. The van der Waals surface area contributed by atoms with Crippen molar-refractivity contribution in [3.63, 3.8) is 0 Å². The first-order chi connectivity index (χ1) is 9.12. The molecule has 1 rings (SSSR count). The monoisotopic (exact) mass is 341 g/mol. The smallest absolute Gasteiger partial charge is 0.324 e. The third kappa shape index (κ3) is 4.74. The van der Waals surface area contributed by atoms with Gasteiger partial charge in [0.1, 0.15) is 0 Å². The van der Waals surface area contributed by atoms with E-state index >= 15 is 0 Å². The van der Waals surface area contributed by atoms with E-state index in [0.717, 1.165) is 6.92 Å². The van der Waals surface area contributed by atoms with Crippen LogP contribution in [-0.2, 0) is 9.36 Å². The Morgan fingerprint density at radius 2 is 1.95 bits per heavy atom. The molecule has 1 amide bonds. The summed E-state index contributed by atoms with van der Waals surface area (Å²) in [7, 11) is -4.47. The first-order valence-electron chi connectivity index (χ1n) is 5.60. The van der Waals surface area contributed by atoms with Crippen molar-refractivity contribution >= 4 is 36.7 Å². The second-order valence-electron chi connectivity index (χ2n) is 4.21. The molecule has 0 aromatic heterocycles. The molecule has 0 aliphatic carbocycles. The maximum absolute atomic E-state index is 11.5. The van der Waals surface area contributed by atoms with E-state index in [1.807, 2.05) is 0 Å². The van der Waals surface area contributed by atoms with E-state index in [-0.39, 0.29) is 23.0 Å². The first-order valence-corrected chi connectivity index (χ1v) is 8.04. The fourth-order valence-electron chi connectivity index (χ4n) is 1.65. The van der Waals surface area contributed by atoms with Crippen molar-refractivity contribution in [1.29, 1.82) is 0 Å². The standard InChI is InChI=1S/C11H14Cl2NO5P/c1-7(15)14(16)5-4-11(20(17,18)19)8-2-3-9(12)10(13)6-8/h2-3,6,11,16H,4-5H2,1H3,(H2,17,18,19)/t11-/m0/s1. The Bertz CT molecular complexity index is 548. The van der Waals surface area contributed by atoms with E-state index in [1.54, 1.807) is 0 Å². The Labute approximate surface area is 126 Å². The topological polar surface area (TPSA) is 98.1 Å². The predicted octanol–water partition coefficient (Wildman–Crippen LogP) is 2.84. The fourth-order valence-corrected chi connectivity index (χ4v) is 2.96. The summed E-state index contributed by atoms with van der Waals surface area (Å²) < 4.78 is 11.5. The van der Waals surface area contributed by atoms with Gasteiger partial charge in [-0.15, -0.1) is 0 Å². The van der Waals surface area contributed by atoms with Crippen LogP contribution in [0, 0.1) is 0 Å². The molecule has 0 fully saturated rings. The normalized spacial score (nSPS) is 13.1. The molecule has 0 radical (unpaired) electrons. The molecule has 20 heavy (non-hydrogen) atoms. The number of hydrogen-bond donors (Lipinski definition) is 3. The summed E-state index contributed by atoms with van der Waals surface area (Å²) in [5.74, 6) is -0.608. The molecule has 0 aliphatic heterocycles. The Kier molecular flexibility index (Phi) is 6.01. The number of amides is 1. The second kappa shape index (κ2) is 6.89. The van der Waals surface area contributed by atoms with Crippen LogP contribution in [0.15, 0.2) is 18.2 Å². The molecule has 0 saturated carbocycles. The van der Waals surface area contributed by atoms with Gasteiger partial charge in [-0.25, -0.2) is 5.06 Å². The van der Waals surface area contributed by atoms with Crippen LogP contribution in [0.25, 0.3) is 0 Å². The summed E-state index contributed by atoms with van der Waals surface area (Å²) in [5, 5.41) is 10.1. The Morgan fingerprint density at radius 1 is 1.35 bits per heavy atom. The molecule has 1 atom stereocenters. The summed E-state index contributed by atoms with van der Waals surface area (Å²) in [4.78, 5) is 29.7. The van der Waals surface area contributed by atoms with E-state index < -0.39 is 19.2 Å². The summed E-state index contributed by atoms with van der Waals surface area (Å²) in [6.45, 7) is 0.941. The van der Waals surface area contributed by atoms with Gasteiger partial charge >= 0.3 is 7.60 Å². The first kappa shape index (κ1) is 17.4. The van der Waals surface area contributed by atoms with Gasteiger partial charge in [0, 0.05) is 13.5 Å². The highest BCUT2D eigenvalue weighted by Crippen LogP contribution is 2.54. The number of rotatable bonds is 5. The zero-order valence-electron chi connectivity index (χ0n) is 10.5. The molecule has 0 spiro atoms. The van der Waals surface area contributed by atoms with Crippen LogP contribution in [0.3, 0.4) is 0 Å². The van der Waals surface area contributed by atoms with E-state index in [9.17, 15) is 24.4 Å². The van der Waals surface area contributed by atoms with E-state index in [0.29, 0.717) is 10.6 Å². The van der Waals surface area contributed by atoms with Gasteiger partial charge in [-0.1, -0.05) is 29.3 Å². The zero-order chi connectivity index (χ0) is 15.5. The van der Waals surface area contributed by atoms with Crippen LogP contribution in [0.2, 0.25) is 10.0 Å². The van der Waals surface area contributed by atoms with Gasteiger partial charge in [0.25, 0.3) is 0 Å². The van der Waals surface area contributed by atoms with Gasteiger partial charge in [-0.2, -0.15) is 0 Å². The molecule has 1 aromatic carbocycles. The van der Waals surface area contributed by atoms with Crippen LogP contribution in [-0.4, -0.2) is 32.5 Å². The average molecular weight is 342 g/mol. The lowest BCUT2D eigenvalue weighted by molar-refractivity contribution is -0.162. The van der Waals surface area contributed by atoms with Gasteiger partial charge in [-0.3, -0.25) is 14.6 Å². The quantitative estimate of drug-likeness (QED) is 0.434. The van der Waals surface area contributed by atoms with Gasteiger partial charge < -0.3 is 9.79 Å². The summed E-state index contributed by atoms with van der Waals surface area (Å²) in [5.41, 5.74) is -0.879. The number of hydrogen-bond acceptors (Lipinski definition) is 3.